The summed E-state index contributed by atoms with van der Waals surface area (Å²) in [6, 6.07) is 5.82. The highest BCUT2D eigenvalue weighted by molar-refractivity contribution is 9.10. The van der Waals surface area contributed by atoms with Gasteiger partial charge in [0.1, 0.15) is 12.4 Å². The first-order valence-electron chi connectivity index (χ1n) is 5.34. The zero-order valence-corrected chi connectivity index (χ0v) is 12.1. The molecule has 0 atom stereocenters. The van der Waals surface area contributed by atoms with E-state index in [0.29, 0.717) is 0 Å². The molecule has 1 aromatic carbocycles. The first-order valence-corrected chi connectivity index (χ1v) is 6.13. The third-order valence-corrected chi connectivity index (χ3v) is 3.03. The van der Waals surface area contributed by atoms with Crippen molar-refractivity contribution in [1.82, 2.24) is 0 Å². The van der Waals surface area contributed by atoms with Gasteiger partial charge in [-0.3, -0.25) is 4.79 Å². The molecule has 0 radical (unpaired) electrons. The maximum absolute atomic E-state index is 11.5. The highest BCUT2D eigenvalue weighted by atomic mass is 79.9. The van der Waals surface area contributed by atoms with E-state index in [-0.39, 0.29) is 12.6 Å². The van der Waals surface area contributed by atoms with Crippen molar-refractivity contribution >= 4 is 21.9 Å². The Hall–Kier alpha value is -1.03. The maximum Gasteiger partial charge on any atom is 0.314 e. The van der Waals surface area contributed by atoms with Crippen LogP contribution in [0.5, 0.6) is 5.75 Å². The summed E-state index contributed by atoms with van der Waals surface area (Å²) in [5.74, 6) is 0.452. The van der Waals surface area contributed by atoms with E-state index in [1.54, 1.807) is 13.8 Å². The van der Waals surface area contributed by atoms with Crippen LogP contribution in [0.15, 0.2) is 22.7 Å². The normalized spacial score (nSPS) is 11.1. The number of methoxy groups -OCH3 is 1. The van der Waals surface area contributed by atoms with E-state index >= 15 is 0 Å². The third-order valence-electron chi connectivity index (χ3n) is 2.41. The van der Waals surface area contributed by atoms with Crippen LogP contribution in [0.1, 0.15) is 19.4 Å². The number of hydrogen-bond donors (Lipinski definition) is 0. The summed E-state index contributed by atoms with van der Waals surface area (Å²) < 4.78 is 11.2. The van der Waals surface area contributed by atoms with Crippen LogP contribution in [0.3, 0.4) is 0 Å². The number of carbonyl (C=O) groups is 1. The largest absolute Gasteiger partial charge is 0.491 e. The molecule has 0 spiro atoms. The zero-order chi connectivity index (χ0) is 13.1. The number of ether oxygens (including phenoxy) is 2. The Kier molecular flexibility index (Phi) is 4.57. The molecule has 0 bridgehead atoms. The molecular formula is C13H17BrO3. The Labute approximate surface area is 110 Å². The Morgan fingerprint density at radius 3 is 2.59 bits per heavy atom. The van der Waals surface area contributed by atoms with Gasteiger partial charge in [0.25, 0.3) is 0 Å². The standard InChI is InChI=1S/C13H17BrO3/c1-9-5-6-11(10(14)7-9)17-8-13(2,3)12(15)16-4/h5-7H,8H2,1-4H3. The van der Waals surface area contributed by atoms with Gasteiger partial charge in [-0.15, -0.1) is 0 Å². The van der Waals surface area contributed by atoms with Gasteiger partial charge in [0.2, 0.25) is 0 Å². The van der Waals surface area contributed by atoms with E-state index in [0.717, 1.165) is 15.8 Å². The van der Waals surface area contributed by atoms with Gasteiger partial charge in [-0.25, -0.2) is 0 Å². The first kappa shape index (κ1) is 14.0. The zero-order valence-electron chi connectivity index (χ0n) is 10.5. The fourth-order valence-electron chi connectivity index (χ4n) is 1.32. The van der Waals surface area contributed by atoms with Crippen molar-refractivity contribution in [3.63, 3.8) is 0 Å². The van der Waals surface area contributed by atoms with Gasteiger partial charge >= 0.3 is 5.97 Å². The van der Waals surface area contributed by atoms with Crippen molar-refractivity contribution in [2.24, 2.45) is 5.41 Å². The highest BCUT2D eigenvalue weighted by Crippen LogP contribution is 2.28. The minimum absolute atomic E-state index is 0.277. The monoisotopic (exact) mass is 300 g/mol. The number of hydrogen-bond acceptors (Lipinski definition) is 3. The van der Waals surface area contributed by atoms with Crippen LogP contribution in [-0.4, -0.2) is 19.7 Å². The Morgan fingerprint density at radius 2 is 2.06 bits per heavy atom. The smallest absolute Gasteiger partial charge is 0.314 e. The van der Waals surface area contributed by atoms with Gasteiger partial charge in [0.05, 0.1) is 17.0 Å². The van der Waals surface area contributed by atoms with Crippen molar-refractivity contribution in [3.8, 4) is 5.75 Å². The second-order valence-electron chi connectivity index (χ2n) is 4.60. The molecule has 0 saturated heterocycles. The lowest BCUT2D eigenvalue weighted by Gasteiger charge is -2.22. The molecule has 94 valence electrons. The molecule has 0 unspecified atom stereocenters. The molecule has 0 N–H and O–H groups in total. The summed E-state index contributed by atoms with van der Waals surface area (Å²) in [4.78, 5) is 11.5. The summed E-state index contributed by atoms with van der Waals surface area (Å²) in [7, 11) is 1.38. The van der Waals surface area contributed by atoms with Gasteiger partial charge in [0, 0.05) is 0 Å². The molecule has 0 aliphatic rings. The molecule has 4 heteroatoms. The van der Waals surface area contributed by atoms with Crippen LogP contribution < -0.4 is 4.74 Å². The fourth-order valence-corrected chi connectivity index (χ4v) is 1.92. The van der Waals surface area contributed by atoms with Gasteiger partial charge in [-0.2, -0.15) is 0 Å². The van der Waals surface area contributed by atoms with Crippen molar-refractivity contribution < 1.29 is 14.3 Å². The lowest BCUT2D eigenvalue weighted by molar-refractivity contribution is -0.152. The summed E-state index contributed by atoms with van der Waals surface area (Å²) in [5.41, 5.74) is 0.496. The summed E-state index contributed by atoms with van der Waals surface area (Å²) in [5, 5.41) is 0. The minimum atomic E-state index is -0.654. The number of carbonyl (C=O) groups excluding carboxylic acids is 1. The molecule has 0 aliphatic carbocycles. The predicted molar refractivity (Wildman–Crippen MR) is 70.2 cm³/mol. The van der Waals surface area contributed by atoms with E-state index in [1.807, 2.05) is 25.1 Å². The summed E-state index contributed by atoms with van der Waals surface area (Å²) >= 11 is 3.43. The molecular weight excluding hydrogens is 284 g/mol. The molecule has 17 heavy (non-hydrogen) atoms. The van der Waals surface area contributed by atoms with Crippen molar-refractivity contribution in [2.75, 3.05) is 13.7 Å². The average molecular weight is 301 g/mol. The average Bonchev–Trinajstić information content (AvgIpc) is 2.26. The van der Waals surface area contributed by atoms with Crippen LogP contribution in [0, 0.1) is 12.3 Å². The van der Waals surface area contributed by atoms with Crippen molar-refractivity contribution in [1.29, 1.82) is 0 Å². The molecule has 0 aromatic heterocycles. The minimum Gasteiger partial charge on any atom is -0.491 e. The number of esters is 1. The quantitative estimate of drug-likeness (QED) is 0.800. The Balaban J connectivity index is 2.70. The Bertz CT molecular complexity index is 413. The van der Waals surface area contributed by atoms with E-state index < -0.39 is 5.41 Å². The van der Waals surface area contributed by atoms with Crippen LogP contribution in [-0.2, 0) is 9.53 Å². The molecule has 0 fully saturated rings. The van der Waals surface area contributed by atoms with E-state index in [4.69, 9.17) is 9.47 Å². The SMILES string of the molecule is COC(=O)C(C)(C)COc1ccc(C)cc1Br. The molecule has 0 saturated carbocycles. The molecule has 1 rings (SSSR count). The second kappa shape index (κ2) is 5.54. The van der Waals surface area contributed by atoms with E-state index in [2.05, 4.69) is 15.9 Å². The summed E-state index contributed by atoms with van der Waals surface area (Å²) in [6.45, 7) is 5.87. The number of rotatable bonds is 4. The van der Waals surface area contributed by atoms with Crippen LogP contribution in [0.2, 0.25) is 0 Å². The molecule has 0 heterocycles. The highest BCUT2D eigenvalue weighted by Gasteiger charge is 2.29. The van der Waals surface area contributed by atoms with Crippen LogP contribution >= 0.6 is 15.9 Å². The van der Waals surface area contributed by atoms with Gasteiger partial charge in [-0.1, -0.05) is 6.07 Å². The Morgan fingerprint density at radius 1 is 1.41 bits per heavy atom. The topological polar surface area (TPSA) is 35.5 Å². The van der Waals surface area contributed by atoms with Gasteiger partial charge in [-0.05, 0) is 54.4 Å². The van der Waals surface area contributed by atoms with Crippen LogP contribution in [0.4, 0.5) is 0 Å². The van der Waals surface area contributed by atoms with Crippen molar-refractivity contribution in [3.05, 3.63) is 28.2 Å². The predicted octanol–water partition coefficient (Wildman–Crippen LogP) is 3.34. The summed E-state index contributed by atoms with van der Waals surface area (Å²) in [6.07, 6.45) is 0. The molecule has 1 aromatic rings. The van der Waals surface area contributed by atoms with Gasteiger partial charge in [0.15, 0.2) is 0 Å². The van der Waals surface area contributed by atoms with E-state index in [1.165, 1.54) is 7.11 Å². The molecule has 0 amide bonds. The third kappa shape index (κ3) is 3.73. The maximum atomic E-state index is 11.5. The first-order chi connectivity index (χ1) is 7.86. The molecule has 3 nitrogen and oxygen atoms in total. The van der Waals surface area contributed by atoms with Crippen molar-refractivity contribution in [2.45, 2.75) is 20.8 Å². The van der Waals surface area contributed by atoms with Crippen LogP contribution in [0.25, 0.3) is 0 Å². The number of halogens is 1. The van der Waals surface area contributed by atoms with E-state index in [9.17, 15) is 4.79 Å². The van der Waals surface area contributed by atoms with Gasteiger partial charge < -0.3 is 9.47 Å². The second-order valence-corrected chi connectivity index (χ2v) is 5.45. The lowest BCUT2D eigenvalue weighted by Crippen LogP contribution is -2.32. The number of benzene rings is 1. The lowest BCUT2D eigenvalue weighted by atomic mass is 9.95. The number of aryl methyl sites for hydroxylation is 1. The fraction of sp³-hybridized carbons (Fsp3) is 0.462. The molecule has 0 aliphatic heterocycles.